The molecule has 0 aliphatic rings. The van der Waals surface area contributed by atoms with Crippen LogP contribution in [0, 0.1) is 0 Å². The van der Waals surface area contributed by atoms with Crippen LogP contribution >= 0.6 is 11.6 Å². The third-order valence-corrected chi connectivity index (χ3v) is 1.61. The van der Waals surface area contributed by atoms with Crippen LogP contribution in [-0.2, 0) is 0 Å². The van der Waals surface area contributed by atoms with Crippen molar-refractivity contribution >= 4 is 22.7 Å². The minimum absolute atomic E-state index is 0.0200. The highest BCUT2D eigenvalue weighted by Gasteiger charge is 2.17. The van der Waals surface area contributed by atoms with Crippen LogP contribution in [0.5, 0.6) is 0 Å². The van der Waals surface area contributed by atoms with Crippen molar-refractivity contribution in [3.8, 4) is 0 Å². The number of hydrogen-bond acceptors (Lipinski definition) is 3. The minimum atomic E-state index is -2.79. The van der Waals surface area contributed by atoms with Crippen LogP contribution in [0.25, 0.3) is 0 Å². The second kappa shape index (κ2) is 3.66. The van der Waals surface area contributed by atoms with E-state index in [4.69, 9.17) is 17.3 Å². The first-order chi connectivity index (χ1) is 6.02. The van der Waals surface area contributed by atoms with Gasteiger partial charge in [-0.25, -0.2) is 13.8 Å². The number of carbonyl (C=O) groups excluding carboxylic acids is 1. The zero-order chi connectivity index (χ0) is 10.0. The predicted octanol–water partition coefficient (Wildman–Crippen LogP) is 1.98. The summed E-state index contributed by atoms with van der Waals surface area (Å²) in [6.07, 6.45) is -1.94. The molecule has 1 heterocycles. The number of nitrogen functional groups attached to an aromatic ring is 1. The zero-order valence-corrected chi connectivity index (χ0v) is 7.05. The van der Waals surface area contributed by atoms with E-state index in [1.807, 2.05) is 0 Å². The number of alkyl halides is 2. The van der Waals surface area contributed by atoms with Crippen LogP contribution in [0.15, 0.2) is 12.3 Å². The largest absolute Gasteiger partial charge is 0.384 e. The first kappa shape index (κ1) is 9.85. The molecule has 0 spiro atoms. The fraction of sp³-hybridized carbons (Fsp3) is 0.143. The van der Waals surface area contributed by atoms with Crippen molar-refractivity contribution in [2.75, 3.05) is 5.73 Å². The first-order valence-electron chi connectivity index (χ1n) is 3.25. The molecule has 1 rings (SSSR count). The Bertz CT molecular complexity index is 343. The average molecular weight is 207 g/mol. The molecule has 3 nitrogen and oxygen atoms in total. The number of carbonyl (C=O) groups is 1. The summed E-state index contributed by atoms with van der Waals surface area (Å²) in [5, 5.41) is -0.968. The number of nitrogens with two attached hydrogens (primary N) is 1. The first-order valence-corrected chi connectivity index (χ1v) is 3.63. The van der Waals surface area contributed by atoms with Crippen LogP contribution in [0.4, 0.5) is 14.6 Å². The van der Waals surface area contributed by atoms with Gasteiger partial charge >= 0.3 is 0 Å². The summed E-state index contributed by atoms with van der Waals surface area (Å²) in [4.78, 5) is 14.1. The van der Waals surface area contributed by atoms with E-state index in [1.54, 1.807) is 0 Å². The van der Waals surface area contributed by atoms with Crippen LogP contribution in [0.1, 0.15) is 22.3 Å². The Hall–Kier alpha value is -1.23. The van der Waals surface area contributed by atoms with Gasteiger partial charge in [0.25, 0.3) is 11.7 Å². The predicted molar refractivity (Wildman–Crippen MR) is 43.8 cm³/mol. The van der Waals surface area contributed by atoms with E-state index in [2.05, 4.69) is 4.98 Å². The SMILES string of the molecule is Nc1cc(C(=O)Cl)c(C(F)F)cn1. The molecule has 0 atom stereocenters. The third-order valence-electron chi connectivity index (χ3n) is 1.40. The van der Waals surface area contributed by atoms with E-state index < -0.39 is 17.2 Å². The van der Waals surface area contributed by atoms with Gasteiger partial charge in [-0.05, 0) is 17.7 Å². The van der Waals surface area contributed by atoms with Gasteiger partial charge in [0.15, 0.2) is 0 Å². The Morgan fingerprint density at radius 3 is 2.69 bits per heavy atom. The minimum Gasteiger partial charge on any atom is -0.384 e. The van der Waals surface area contributed by atoms with Gasteiger partial charge in [0.1, 0.15) is 5.82 Å². The lowest BCUT2D eigenvalue weighted by atomic mass is 10.1. The fourth-order valence-corrected chi connectivity index (χ4v) is 0.990. The summed E-state index contributed by atoms with van der Waals surface area (Å²) in [5.41, 5.74) is 4.39. The smallest absolute Gasteiger partial charge is 0.266 e. The van der Waals surface area contributed by atoms with Gasteiger partial charge in [-0.2, -0.15) is 0 Å². The molecule has 0 aliphatic heterocycles. The van der Waals surface area contributed by atoms with Crippen LogP contribution in [0.3, 0.4) is 0 Å². The highest BCUT2D eigenvalue weighted by molar-refractivity contribution is 6.68. The maximum atomic E-state index is 12.2. The molecule has 0 amide bonds. The lowest BCUT2D eigenvalue weighted by molar-refractivity contribution is 0.106. The zero-order valence-electron chi connectivity index (χ0n) is 6.30. The van der Waals surface area contributed by atoms with E-state index >= 15 is 0 Å². The molecule has 70 valence electrons. The van der Waals surface area contributed by atoms with Gasteiger partial charge in [-0.1, -0.05) is 0 Å². The van der Waals surface area contributed by atoms with Crippen molar-refractivity contribution in [2.24, 2.45) is 0 Å². The molecule has 1 aromatic rings. The number of rotatable bonds is 2. The van der Waals surface area contributed by atoms with E-state index in [-0.39, 0.29) is 11.4 Å². The summed E-state index contributed by atoms with van der Waals surface area (Å²) in [6, 6.07) is 1.02. The molecule has 0 aromatic carbocycles. The standard InChI is InChI=1S/C7H5ClF2N2O/c8-6(13)3-1-5(11)12-2-4(3)7(9)10/h1-2,7H,(H2,11,12). The van der Waals surface area contributed by atoms with Crippen molar-refractivity contribution in [3.05, 3.63) is 23.4 Å². The maximum absolute atomic E-state index is 12.2. The molecule has 0 radical (unpaired) electrons. The Morgan fingerprint density at radius 1 is 1.62 bits per heavy atom. The van der Waals surface area contributed by atoms with Crippen molar-refractivity contribution in [1.82, 2.24) is 4.98 Å². The molecule has 0 fully saturated rings. The van der Waals surface area contributed by atoms with Gasteiger partial charge in [0.05, 0.1) is 0 Å². The van der Waals surface area contributed by atoms with E-state index in [0.29, 0.717) is 0 Å². The number of hydrogen-bond donors (Lipinski definition) is 1. The van der Waals surface area contributed by atoms with Crippen molar-refractivity contribution in [3.63, 3.8) is 0 Å². The van der Waals surface area contributed by atoms with Gasteiger partial charge < -0.3 is 5.73 Å². The van der Waals surface area contributed by atoms with Crippen molar-refractivity contribution in [2.45, 2.75) is 6.43 Å². The number of pyridine rings is 1. The molecular formula is C7H5ClF2N2O. The quantitative estimate of drug-likeness (QED) is 0.753. The highest BCUT2D eigenvalue weighted by Crippen LogP contribution is 2.24. The van der Waals surface area contributed by atoms with E-state index in [0.717, 1.165) is 12.3 Å². The number of anilines is 1. The number of aromatic nitrogens is 1. The number of nitrogens with zero attached hydrogens (tertiary/aromatic N) is 1. The summed E-state index contributed by atoms with van der Waals surface area (Å²) in [5.74, 6) is -0.0200. The monoisotopic (exact) mass is 206 g/mol. The Kier molecular flexibility index (Phi) is 2.77. The highest BCUT2D eigenvalue weighted by atomic mass is 35.5. The maximum Gasteiger partial charge on any atom is 0.266 e. The topological polar surface area (TPSA) is 56.0 Å². The van der Waals surface area contributed by atoms with Gasteiger partial charge in [0, 0.05) is 17.3 Å². The summed E-state index contributed by atoms with van der Waals surface area (Å²) >= 11 is 5.07. The normalized spacial score (nSPS) is 10.5. The Morgan fingerprint density at radius 2 is 2.23 bits per heavy atom. The molecule has 0 unspecified atom stereocenters. The van der Waals surface area contributed by atoms with Crippen molar-refractivity contribution in [1.29, 1.82) is 0 Å². The molecule has 0 saturated heterocycles. The number of halogens is 3. The molecule has 2 N–H and O–H groups in total. The Balaban J connectivity index is 3.27. The lowest BCUT2D eigenvalue weighted by Gasteiger charge is -2.04. The summed E-state index contributed by atoms with van der Waals surface area (Å²) in [7, 11) is 0. The summed E-state index contributed by atoms with van der Waals surface area (Å²) < 4.78 is 24.5. The summed E-state index contributed by atoms with van der Waals surface area (Å²) in [6.45, 7) is 0. The molecule has 6 heteroatoms. The van der Waals surface area contributed by atoms with Crippen LogP contribution in [0.2, 0.25) is 0 Å². The van der Waals surface area contributed by atoms with Crippen molar-refractivity contribution < 1.29 is 13.6 Å². The van der Waals surface area contributed by atoms with E-state index in [1.165, 1.54) is 0 Å². The van der Waals surface area contributed by atoms with Crippen LogP contribution in [-0.4, -0.2) is 10.2 Å². The molecular weight excluding hydrogens is 202 g/mol. The fourth-order valence-electron chi connectivity index (χ4n) is 0.826. The molecule has 0 aliphatic carbocycles. The van der Waals surface area contributed by atoms with Gasteiger partial charge in [-0.3, -0.25) is 4.79 Å². The molecule has 1 aromatic heterocycles. The van der Waals surface area contributed by atoms with Crippen LogP contribution < -0.4 is 5.73 Å². The van der Waals surface area contributed by atoms with Gasteiger partial charge in [-0.15, -0.1) is 0 Å². The van der Waals surface area contributed by atoms with Gasteiger partial charge in [0.2, 0.25) is 0 Å². The lowest BCUT2D eigenvalue weighted by Crippen LogP contribution is -2.02. The second-order valence-electron chi connectivity index (χ2n) is 2.27. The Labute approximate surface area is 77.5 Å². The average Bonchev–Trinajstić information content (AvgIpc) is 2.03. The molecule has 0 bridgehead atoms. The second-order valence-corrected chi connectivity index (χ2v) is 2.61. The molecule has 13 heavy (non-hydrogen) atoms. The van der Waals surface area contributed by atoms with E-state index in [9.17, 15) is 13.6 Å². The third kappa shape index (κ3) is 2.12. The molecule has 0 saturated carbocycles.